The average Bonchev–Trinajstić information content (AvgIpc) is 3.60. The Hall–Kier alpha value is -3.72. The molecule has 1 aliphatic rings. The standard InChI is InChI=1S/C27H33F2N7O4Si/c1-35-27(32-26(34-35)17-5-8-24(30-12-17)40-23-15-39-14-22(23)37)31-18-6-7-19(21(28)11-18)20-13-36(33-25(20)29)16-38-9-10-41(2,3)4/h5-8,11-13,22-23,37H,9-10,14-16H2,1-4H3,(H,31,32,34). The van der Waals surface area contributed by atoms with E-state index in [0.717, 1.165) is 6.04 Å². The van der Waals surface area contributed by atoms with Crippen LogP contribution in [-0.4, -0.2) is 74.7 Å². The van der Waals surface area contributed by atoms with Gasteiger partial charge in [0.1, 0.15) is 18.7 Å². The van der Waals surface area contributed by atoms with E-state index < -0.39 is 32.0 Å². The van der Waals surface area contributed by atoms with Crippen molar-refractivity contribution in [2.24, 2.45) is 7.05 Å². The Bertz CT molecular complexity index is 1490. The lowest BCUT2D eigenvalue weighted by Gasteiger charge is -2.15. The lowest BCUT2D eigenvalue weighted by molar-refractivity contribution is 0.0704. The van der Waals surface area contributed by atoms with Crippen molar-refractivity contribution in [3.05, 3.63) is 54.5 Å². The number of hydrogen-bond acceptors (Lipinski definition) is 9. The van der Waals surface area contributed by atoms with Crippen LogP contribution in [0, 0.1) is 11.8 Å². The molecule has 1 aromatic carbocycles. The first-order valence-corrected chi connectivity index (χ1v) is 16.9. The Morgan fingerprint density at radius 2 is 1.95 bits per heavy atom. The summed E-state index contributed by atoms with van der Waals surface area (Å²) in [5.74, 6) is -0.267. The number of anilines is 2. The van der Waals surface area contributed by atoms with Crippen molar-refractivity contribution in [1.82, 2.24) is 29.5 Å². The van der Waals surface area contributed by atoms with E-state index in [1.807, 2.05) is 0 Å². The van der Waals surface area contributed by atoms with Crippen molar-refractivity contribution >= 4 is 19.7 Å². The van der Waals surface area contributed by atoms with Gasteiger partial charge in [0.15, 0.2) is 11.9 Å². The van der Waals surface area contributed by atoms with Gasteiger partial charge in [0.05, 0.1) is 18.8 Å². The molecule has 2 atom stereocenters. The second kappa shape index (κ2) is 12.0. The first kappa shape index (κ1) is 28.8. The molecule has 0 saturated carbocycles. The van der Waals surface area contributed by atoms with Gasteiger partial charge in [-0.2, -0.15) is 9.37 Å². The minimum Gasteiger partial charge on any atom is -0.469 e. The maximum atomic E-state index is 15.1. The van der Waals surface area contributed by atoms with Crippen LogP contribution in [0.4, 0.5) is 20.4 Å². The molecule has 0 bridgehead atoms. The van der Waals surface area contributed by atoms with Crippen molar-refractivity contribution < 1.29 is 28.1 Å². The number of benzene rings is 1. The highest BCUT2D eigenvalue weighted by Crippen LogP contribution is 2.29. The normalized spacial score (nSPS) is 17.2. The number of hydrogen-bond donors (Lipinski definition) is 2. The molecule has 0 aliphatic carbocycles. The quantitative estimate of drug-likeness (QED) is 0.197. The number of aliphatic hydroxyl groups is 1. The molecule has 2 N–H and O–H groups in total. The molecular formula is C27H33F2N7O4Si. The molecule has 0 spiro atoms. The number of aromatic nitrogens is 6. The third-order valence-electron chi connectivity index (χ3n) is 6.48. The van der Waals surface area contributed by atoms with E-state index >= 15 is 4.39 Å². The van der Waals surface area contributed by atoms with E-state index in [4.69, 9.17) is 14.2 Å². The van der Waals surface area contributed by atoms with Gasteiger partial charge in [-0.05, 0) is 30.3 Å². The van der Waals surface area contributed by atoms with Crippen LogP contribution in [0.5, 0.6) is 5.88 Å². The summed E-state index contributed by atoms with van der Waals surface area (Å²) in [6.07, 6.45) is 1.85. The molecule has 0 amide bonds. The second-order valence-electron chi connectivity index (χ2n) is 11.1. The summed E-state index contributed by atoms with van der Waals surface area (Å²) in [6, 6.07) is 8.78. The third-order valence-corrected chi connectivity index (χ3v) is 8.19. The van der Waals surface area contributed by atoms with E-state index in [1.165, 1.54) is 27.7 Å². The number of nitrogens with one attached hydrogen (secondary N) is 1. The molecule has 4 aromatic rings. The van der Waals surface area contributed by atoms with Crippen LogP contribution in [0.25, 0.3) is 22.5 Å². The minimum absolute atomic E-state index is 0.0543. The molecule has 3 aromatic heterocycles. The maximum absolute atomic E-state index is 15.1. The van der Waals surface area contributed by atoms with E-state index in [1.54, 1.807) is 31.4 Å². The number of rotatable bonds is 11. The molecule has 14 heteroatoms. The molecule has 41 heavy (non-hydrogen) atoms. The molecule has 11 nitrogen and oxygen atoms in total. The van der Waals surface area contributed by atoms with Gasteiger partial charge in [-0.15, -0.1) is 10.2 Å². The van der Waals surface area contributed by atoms with Crippen LogP contribution >= 0.6 is 0 Å². The number of pyridine rings is 1. The topological polar surface area (TPSA) is 121 Å². The zero-order valence-electron chi connectivity index (χ0n) is 23.3. The van der Waals surface area contributed by atoms with Gasteiger partial charge in [-0.25, -0.2) is 18.7 Å². The fourth-order valence-electron chi connectivity index (χ4n) is 4.11. The van der Waals surface area contributed by atoms with E-state index in [-0.39, 0.29) is 24.5 Å². The SMILES string of the molecule is Cn1nc(-c2ccc(OC3COCC3O)nc2)nc1Nc1ccc(-c2cn(COCC[Si](C)(C)C)nc2F)c(F)c1. The van der Waals surface area contributed by atoms with Gasteiger partial charge in [0, 0.05) is 57.0 Å². The summed E-state index contributed by atoms with van der Waals surface area (Å²) in [5.41, 5.74) is 1.20. The lowest BCUT2D eigenvalue weighted by atomic mass is 10.1. The van der Waals surface area contributed by atoms with Gasteiger partial charge in [-0.1, -0.05) is 19.6 Å². The molecule has 218 valence electrons. The van der Waals surface area contributed by atoms with Gasteiger partial charge in [0.2, 0.25) is 17.8 Å². The van der Waals surface area contributed by atoms with Crippen LogP contribution in [-0.2, 0) is 23.3 Å². The van der Waals surface area contributed by atoms with Gasteiger partial charge in [-0.3, -0.25) is 0 Å². The Labute approximate surface area is 237 Å². The molecule has 4 heterocycles. The smallest absolute Gasteiger partial charge is 0.240 e. The predicted octanol–water partition coefficient (Wildman–Crippen LogP) is 4.21. The van der Waals surface area contributed by atoms with Crippen LogP contribution in [0.15, 0.2) is 42.7 Å². The number of halogens is 2. The van der Waals surface area contributed by atoms with Crippen molar-refractivity contribution in [2.45, 2.75) is 44.6 Å². The Balaban J connectivity index is 1.23. The molecular weight excluding hydrogens is 552 g/mol. The van der Waals surface area contributed by atoms with Crippen LogP contribution in [0.1, 0.15) is 0 Å². The monoisotopic (exact) mass is 585 g/mol. The predicted molar refractivity (Wildman–Crippen MR) is 150 cm³/mol. The third kappa shape index (κ3) is 7.14. The van der Waals surface area contributed by atoms with Crippen molar-refractivity contribution in [2.75, 3.05) is 25.1 Å². The summed E-state index contributed by atoms with van der Waals surface area (Å²) in [4.78, 5) is 8.76. The van der Waals surface area contributed by atoms with Crippen molar-refractivity contribution in [3.63, 3.8) is 0 Å². The summed E-state index contributed by atoms with van der Waals surface area (Å²) in [5, 5.41) is 21.1. The fourth-order valence-corrected chi connectivity index (χ4v) is 4.87. The first-order chi connectivity index (χ1) is 19.6. The zero-order valence-corrected chi connectivity index (χ0v) is 24.3. The molecule has 2 unspecified atom stereocenters. The van der Waals surface area contributed by atoms with Crippen LogP contribution in [0.2, 0.25) is 25.7 Å². The minimum atomic E-state index is -1.24. The van der Waals surface area contributed by atoms with Crippen LogP contribution in [0.3, 0.4) is 0 Å². The largest absolute Gasteiger partial charge is 0.469 e. The molecule has 1 fully saturated rings. The van der Waals surface area contributed by atoms with Crippen molar-refractivity contribution in [1.29, 1.82) is 0 Å². The average molecular weight is 586 g/mol. The van der Waals surface area contributed by atoms with E-state index in [0.29, 0.717) is 42.1 Å². The maximum Gasteiger partial charge on any atom is 0.240 e. The van der Waals surface area contributed by atoms with E-state index in [2.05, 4.69) is 45.1 Å². The summed E-state index contributed by atoms with van der Waals surface area (Å²) in [7, 11) is 0.463. The molecule has 0 radical (unpaired) electrons. The van der Waals surface area contributed by atoms with Gasteiger partial charge < -0.3 is 24.6 Å². The van der Waals surface area contributed by atoms with Gasteiger partial charge >= 0.3 is 0 Å². The number of nitrogens with zero attached hydrogens (tertiary/aromatic N) is 6. The molecule has 1 saturated heterocycles. The highest BCUT2D eigenvalue weighted by Gasteiger charge is 2.28. The Kier molecular flexibility index (Phi) is 8.44. The van der Waals surface area contributed by atoms with Gasteiger partial charge in [0.25, 0.3) is 0 Å². The number of ether oxygens (including phenoxy) is 3. The van der Waals surface area contributed by atoms with E-state index in [9.17, 15) is 9.50 Å². The fraction of sp³-hybridized carbons (Fsp3) is 0.407. The molecule has 1 aliphatic heterocycles. The lowest BCUT2D eigenvalue weighted by Crippen LogP contribution is -2.29. The van der Waals surface area contributed by atoms with Crippen molar-refractivity contribution in [3.8, 4) is 28.4 Å². The second-order valence-corrected chi connectivity index (χ2v) is 16.7. The summed E-state index contributed by atoms with van der Waals surface area (Å²) >= 11 is 0. The summed E-state index contributed by atoms with van der Waals surface area (Å²) in [6.45, 7) is 7.96. The number of aryl methyl sites for hydroxylation is 1. The summed E-state index contributed by atoms with van der Waals surface area (Å²) < 4.78 is 49.0. The highest BCUT2D eigenvalue weighted by molar-refractivity contribution is 6.76. The Morgan fingerprint density at radius 3 is 2.63 bits per heavy atom. The zero-order chi connectivity index (χ0) is 29.1. The first-order valence-electron chi connectivity index (χ1n) is 13.2. The van der Waals surface area contributed by atoms with Crippen LogP contribution < -0.4 is 10.1 Å². The number of aliphatic hydroxyl groups excluding tert-OH is 1. The highest BCUT2D eigenvalue weighted by atomic mass is 28.3. The Morgan fingerprint density at radius 1 is 1.12 bits per heavy atom. The molecule has 5 rings (SSSR count).